The zero-order valence-electron chi connectivity index (χ0n) is 12.4. The standard InChI is InChI=1S/C16H24BrNO2/c1-16(2,3)18-10-11-6-4-7-12(17)15(11)20-14-9-5-8-13(14)19/h4,6-7,13-14,18-19H,5,8-10H2,1-3H3. The van der Waals surface area contributed by atoms with Crippen LogP contribution in [0.4, 0.5) is 0 Å². The van der Waals surface area contributed by atoms with Crippen molar-refractivity contribution in [3.63, 3.8) is 0 Å². The van der Waals surface area contributed by atoms with Gasteiger partial charge in [0.2, 0.25) is 0 Å². The molecule has 2 N–H and O–H groups in total. The number of hydrogen-bond acceptors (Lipinski definition) is 3. The number of hydrogen-bond donors (Lipinski definition) is 2. The van der Waals surface area contributed by atoms with Gasteiger partial charge < -0.3 is 15.2 Å². The largest absolute Gasteiger partial charge is 0.486 e. The lowest BCUT2D eigenvalue weighted by Crippen LogP contribution is -2.35. The molecule has 1 aliphatic carbocycles. The third-order valence-electron chi connectivity index (χ3n) is 3.54. The molecule has 4 heteroatoms. The maximum atomic E-state index is 9.94. The van der Waals surface area contributed by atoms with Gasteiger partial charge in [0, 0.05) is 17.6 Å². The lowest BCUT2D eigenvalue weighted by molar-refractivity contribution is 0.0591. The topological polar surface area (TPSA) is 41.5 Å². The Balaban J connectivity index is 2.13. The van der Waals surface area contributed by atoms with E-state index in [0.29, 0.717) is 0 Å². The van der Waals surface area contributed by atoms with E-state index in [4.69, 9.17) is 4.74 Å². The van der Waals surface area contributed by atoms with Crippen molar-refractivity contribution in [3.05, 3.63) is 28.2 Å². The molecule has 1 aromatic rings. The van der Waals surface area contributed by atoms with Gasteiger partial charge in [-0.25, -0.2) is 0 Å². The highest BCUT2D eigenvalue weighted by molar-refractivity contribution is 9.10. The van der Waals surface area contributed by atoms with Gasteiger partial charge in [0.1, 0.15) is 11.9 Å². The molecule has 0 saturated heterocycles. The van der Waals surface area contributed by atoms with Crippen molar-refractivity contribution in [2.45, 2.75) is 64.3 Å². The van der Waals surface area contributed by atoms with Crippen LogP contribution < -0.4 is 10.1 Å². The highest BCUT2D eigenvalue weighted by Gasteiger charge is 2.28. The predicted molar refractivity (Wildman–Crippen MR) is 85.0 cm³/mol. The van der Waals surface area contributed by atoms with Crippen molar-refractivity contribution in [1.82, 2.24) is 5.32 Å². The summed E-state index contributed by atoms with van der Waals surface area (Å²) < 4.78 is 7.03. The van der Waals surface area contributed by atoms with Crippen LogP contribution in [0.3, 0.4) is 0 Å². The molecule has 2 unspecified atom stereocenters. The van der Waals surface area contributed by atoms with Gasteiger partial charge in [0.25, 0.3) is 0 Å². The van der Waals surface area contributed by atoms with E-state index >= 15 is 0 Å². The molecule has 0 amide bonds. The fraction of sp³-hybridized carbons (Fsp3) is 0.625. The molecule has 2 atom stereocenters. The predicted octanol–water partition coefficient (Wildman–Crippen LogP) is 3.63. The quantitative estimate of drug-likeness (QED) is 0.878. The fourth-order valence-electron chi connectivity index (χ4n) is 2.38. The summed E-state index contributed by atoms with van der Waals surface area (Å²) in [6, 6.07) is 6.07. The molecule has 2 rings (SSSR count). The first-order valence-corrected chi connectivity index (χ1v) is 8.03. The smallest absolute Gasteiger partial charge is 0.138 e. The van der Waals surface area contributed by atoms with Gasteiger partial charge in [-0.2, -0.15) is 0 Å². The first kappa shape index (κ1) is 15.8. The molecule has 0 heterocycles. The Kier molecular flexibility index (Phi) is 5.10. The fourth-order valence-corrected chi connectivity index (χ4v) is 2.88. The zero-order valence-corrected chi connectivity index (χ0v) is 14.0. The molecule has 20 heavy (non-hydrogen) atoms. The molecular weight excluding hydrogens is 318 g/mol. The number of halogens is 1. The van der Waals surface area contributed by atoms with E-state index in [1.54, 1.807) is 0 Å². The molecule has 1 aliphatic rings. The summed E-state index contributed by atoms with van der Waals surface area (Å²) in [6.45, 7) is 7.19. The van der Waals surface area contributed by atoms with Crippen LogP contribution in [0.25, 0.3) is 0 Å². The Morgan fingerprint density at radius 1 is 1.35 bits per heavy atom. The average Bonchev–Trinajstić information content (AvgIpc) is 2.75. The zero-order chi connectivity index (χ0) is 14.8. The second kappa shape index (κ2) is 6.46. The molecule has 1 saturated carbocycles. The normalized spacial score (nSPS) is 23.1. The minimum absolute atomic E-state index is 0.0620. The van der Waals surface area contributed by atoms with E-state index in [-0.39, 0.29) is 17.7 Å². The van der Waals surface area contributed by atoms with Crippen LogP contribution in [-0.2, 0) is 6.54 Å². The Bertz CT molecular complexity index is 456. The van der Waals surface area contributed by atoms with Crippen molar-refractivity contribution in [3.8, 4) is 5.75 Å². The van der Waals surface area contributed by atoms with Crippen molar-refractivity contribution >= 4 is 15.9 Å². The summed E-state index contributed by atoms with van der Waals surface area (Å²) in [5.74, 6) is 0.857. The van der Waals surface area contributed by atoms with Crippen molar-refractivity contribution < 1.29 is 9.84 Å². The van der Waals surface area contributed by atoms with Gasteiger partial charge >= 0.3 is 0 Å². The highest BCUT2D eigenvalue weighted by Crippen LogP contribution is 2.33. The Hall–Kier alpha value is -0.580. The van der Waals surface area contributed by atoms with E-state index in [2.05, 4.69) is 48.1 Å². The molecule has 3 nitrogen and oxygen atoms in total. The first-order chi connectivity index (χ1) is 9.37. The highest BCUT2D eigenvalue weighted by atomic mass is 79.9. The second-order valence-electron chi connectivity index (χ2n) is 6.49. The first-order valence-electron chi connectivity index (χ1n) is 7.24. The van der Waals surface area contributed by atoms with Crippen LogP contribution in [0.15, 0.2) is 22.7 Å². The van der Waals surface area contributed by atoms with Gasteiger partial charge in [-0.3, -0.25) is 0 Å². The van der Waals surface area contributed by atoms with Crippen LogP contribution in [0, 0.1) is 0 Å². The van der Waals surface area contributed by atoms with Gasteiger partial charge in [0.05, 0.1) is 10.6 Å². The number of para-hydroxylation sites is 1. The van der Waals surface area contributed by atoms with E-state index in [1.807, 2.05) is 12.1 Å². The maximum absolute atomic E-state index is 9.94. The van der Waals surface area contributed by atoms with Crippen molar-refractivity contribution in [1.29, 1.82) is 0 Å². The SMILES string of the molecule is CC(C)(C)NCc1cccc(Br)c1OC1CCCC1O. The Morgan fingerprint density at radius 3 is 2.70 bits per heavy atom. The number of aliphatic hydroxyl groups is 1. The third kappa shape index (κ3) is 4.21. The van der Waals surface area contributed by atoms with E-state index in [9.17, 15) is 5.11 Å². The van der Waals surface area contributed by atoms with Crippen LogP contribution in [0.2, 0.25) is 0 Å². The molecule has 112 valence electrons. The minimum Gasteiger partial charge on any atom is -0.486 e. The number of aliphatic hydroxyl groups excluding tert-OH is 1. The van der Waals surface area contributed by atoms with Crippen molar-refractivity contribution in [2.75, 3.05) is 0 Å². The average molecular weight is 342 g/mol. The maximum Gasteiger partial charge on any atom is 0.138 e. The molecule has 0 aromatic heterocycles. The second-order valence-corrected chi connectivity index (χ2v) is 7.34. The van der Waals surface area contributed by atoms with Crippen LogP contribution in [0.1, 0.15) is 45.6 Å². The van der Waals surface area contributed by atoms with Gasteiger partial charge in [-0.1, -0.05) is 12.1 Å². The molecule has 1 aromatic carbocycles. The summed E-state index contributed by atoms with van der Waals surface area (Å²) in [6.07, 6.45) is 2.37. The number of ether oxygens (including phenoxy) is 1. The van der Waals surface area contributed by atoms with Gasteiger partial charge in [0.15, 0.2) is 0 Å². The van der Waals surface area contributed by atoms with E-state index in [1.165, 1.54) is 0 Å². The molecule has 1 fully saturated rings. The number of rotatable bonds is 4. The molecule has 0 radical (unpaired) electrons. The minimum atomic E-state index is -0.342. The summed E-state index contributed by atoms with van der Waals surface area (Å²) >= 11 is 3.56. The van der Waals surface area contributed by atoms with Crippen LogP contribution >= 0.6 is 15.9 Å². The lowest BCUT2D eigenvalue weighted by Gasteiger charge is -2.24. The van der Waals surface area contributed by atoms with Gasteiger partial charge in [-0.05, 0) is 62.0 Å². The molecule has 0 bridgehead atoms. The summed E-state index contributed by atoms with van der Waals surface area (Å²) in [5, 5.41) is 13.4. The lowest BCUT2D eigenvalue weighted by atomic mass is 10.1. The van der Waals surface area contributed by atoms with Gasteiger partial charge in [-0.15, -0.1) is 0 Å². The Labute approximate surface area is 129 Å². The Morgan fingerprint density at radius 2 is 2.10 bits per heavy atom. The van der Waals surface area contributed by atoms with Crippen molar-refractivity contribution in [2.24, 2.45) is 0 Å². The third-order valence-corrected chi connectivity index (χ3v) is 4.17. The molecular formula is C16H24BrNO2. The summed E-state index contributed by atoms with van der Waals surface area (Å²) in [7, 11) is 0. The summed E-state index contributed by atoms with van der Waals surface area (Å²) in [4.78, 5) is 0. The van der Waals surface area contributed by atoms with E-state index < -0.39 is 0 Å². The summed E-state index contributed by atoms with van der Waals surface area (Å²) in [5.41, 5.74) is 1.18. The molecule has 0 spiro atoms. The molecule has 0 aliphatic heterocycles. The van der Waals surface area contributed by atoms with Crippen LogP contribution in [0.5, 0.6) is 5.75 Å². The number of benzene rings is 1. The monoisotopic (exact) mass is 341 g/mol. The number of nitrogens with one attached hydrogen (secondary N) is 1. The van der Waals surface area contributed by atoms with E-state index in [0.717, 1.165) is 41.6 Å². The van der Waals surface area contributed by atoms with Crippen LogP contribution in [-0.4, -0.2) is 22.9 Å².